The van der Waals surface area contributed by atoms with Gasteiger partial charge in [0, 0.05) is 25.8 Å². The quantitative estimate of drug-likeness (QED) is 0.891. The largest absolute Gasteiger partial charge is 0.382 e. The van der Waals surface area contributed by atoms with Gasteiger partial charge < -0.3 is 15.4 Å². The van der Waals surface area contributed by atoms with Crippen LogP contribution in [0.3, 0.4) is 0 Å². The van der Waals surface area contributed by atoms with Gasteiger partial charge in [-0.3, -0.25) is 4.79 Å². The fourth-order valence-electron chi connectivity index (χ4n) is 2.62. The van der Waals surface area contributed by atoms with Gasteiger partial charge in [0.1, 0.15) is 0 Å². The van der Waals surface area contributed by atoms with Gasteiger partial charge in [-0.2, -0.15) is 0 Å². The summed E-state index contributed by atoms with van der Waals surface area (Å²) in [6.07, 6.45) is 4.81. The molecule has 5 heteroatoms. The molecule has 0 bridgehead atoms. The van der Waals surface area contributed by atoms with Gasteiger partial charge in [-0.05, 0) is 43.9 Å². The van der Waals surface area contributed by atoms with Crippen molar-refractivity contribution in [2.75, 3.05) is 17.7 Å². The van der Waals surface area contributed by atoms with E-state index in [1.807, 2.05) is 18.2 Å². The summed E-state index contributed by atoms with van der Waals surface area (Å²) in [6, 6.07) is 6.02. The van der Waals surface area contributed by atoms with Crippen molar-refractivity contribution in [3.63, 3.8) is 0 Å². The molecule has 1 fully saturated rings. The van der Waals surface area contributed by atoms with Gasteiger partial charge in [0.2, 0.25) is 5.91 Å². The number of ether oxygens (including phenoxy) is 1. The molecule has 0 aliphatic heterocycles. The van der Waals surface area contributed by atoms with E-state index in [1.165, 1.54) is 13.3 Å². The number of amides is 1. The van der Waals surface area contributed by atoms with Crippen LogP contribution in [0, 0.1) is 0 Å². The maximum Gasteiger partial charge on any atom is 0.221 e. The van der Waals surface area contributed by atoms with E-state index in [4.69, 9.17) is 16.3 Å². The second-order valence-electron chi connectivity index (χ2n) is 5.24. The molecular formula is C15H21ClN2O2. The van der Waals surface area contributed by atoms with Crippen LogP contribution in [0.4, 0.5) is 11.4 Å². The number of carbonyl (C=O) groups excluding carboxylic acids is 1. The Balaban J connectivity index is 1.99. The fourth-order valence-corrected chi connectivity index (χ4v) is 2.85. The first-order valence-corrected chi connectivity index (χ1v) is 7.32. The van der Waals surface area contributed by atoms with E-state index in [0.29, 0.717) is 22.9 Å². The van der Waals surface area contributed by atoms with Crippen molar-refractivity contribution < 1.29 is 9.53 Å². The summed E-state index contributed by atoms with van der Waals surface area (Å²) in [5.74, 6) is -0.122. The summed E-state index contributed by atoms with van der Waals surface area (Å²) < 4.78 is 5.43. The SMILES string of the molecule is COC1CCCC(Nc2ccc(NC(C)=O)c(Cl)c2)C1. The average Bonchev–Trinajstić information content (AvgIpc) is 2.42. The Morgan fingerprint density at radius 3 is 2.85 bits per heavy atom. The van der Waals surface area contributed by atoms with Crippen LogP contribution in [-0.4, -0.2) is 25.2 Å². The lowest BCUT2D eigenvalue weighted by Crippen LogP contribution is -2.30. The van der Waals surface area contributed by atoms with Crippen LogP contribution < -0.4 is 10.6 Å². The second-order valence-corrected chi connectivity index (χ2v) is 5.65. The fraction of sp³-hybridized carbons (Fsp3) is 0.533. The van der Waals surface area contributed by atoms with Gasteiger partial charge in [-0.15, -0.1) is 0 Å². The maximum absolute atomic E-state index is 11.0. The minimum atomic E-state index is -0.122. The van der Waals surface area contributed by atoms with Crippen molar-refractivity contribution in [2.45, 2.75) is 44.8 Å². The third-order valence-corrected chi connectivity index (χ3v) is 3.92. The zero-order chi connectivity index (χ0) is 14.5. The van der Waals surface area contributed by atoms with Gasteiger partial charge in [0.15, 0.2) is 0 Å². The third kappa shape index (κ3) is 4.12. The van der Waals surface area contributed by atoms with E-state index in [-0.39, 0.29) is 5.91 Å². The average molecular weight is 297 g/mol. The number of methoxy groups -OCH3 is 1. The van der Waals surface area contributed by atoms with Gasteiger partial charge in [0.05, 0.1) is 16.8 Å². The number of nitrogens with one attached hydrogen (secondary N) is 2. The summed E-state index contributed by atoms with van der Waals surface area (Å²) in [5.41, 5.74) is 1.62. The molecule has 1 aliphatic carbocycles. The molecule has 110 valence electrons. The summed E-state index contributed by atoms with van der Waals surface area (Å²) in [5, 5.41) is 6.74. The van der Waals surface area contributed by atoms with E-state index < -0.39 is 0 Å². The Hall–Kier alpha value is -1.26. The summed E-state index contributed by atoms with van der Waals surface area (Å²) in [6.45, 7) is 1.47. The number of rotatable bonds is 4. The van der Waals surface area contributed by atoms with Crippen LogP contribution in [0.1, 0.15) is 32.6 Å². The van der Waals surface area contributed by atoms with E-state index in [2.05, 4.69) is 10.6 Å². The summed E-state index contributed by atoms with van der Waals surface area (Å²) >= 11 is 6.17. The predicted molar refractivity (Wildman–Crippen MR) is 82.4 cm³/mol. The lowest BCUT2D eigenvalue weighted by atomic mass is 9.92. The molecular weight excluding hydrogens is 276 g/mol. The predicted octanol–water partition coefficient (Wildman–Crippen LogP) is 3.67. The molecule has 1 aromatic rings. The Morgan fingerprint density at radius 1 is 1.40 bits per heavy atom. The number of carbonyl (C=O) groups is 1. The van der Waals surface area contributed by atoms with Crippen LogP contribution in [0.2, 0.25) is 5.02 Å². The highest BCUT2D eigenvalue weighted by molar-refractivity contribution is 6.34. The zero-order valence-corrected chi connectivity index (χ0v) is 12.7. The molecule has 2 unspecified atom stereocenters. The van der Waals surface area contributed by atoms with Crippen molar-refractivity contribution in [1.82, 2.24) is 0 Å². The molecule has 1 aliphatic rings. The molecule has 0 spiro atoms. The second kappa shape index (κ2) is 6.95. The monoisotopic (exact) mass is 296 g/mol. The van der Waals surface area contributed by atoms with Crippen LogP contribution in [0.25, 0.3) is 0 Å². The molecule has 0 heterocycles. The molecule has 2 rings (SSSR count). The molecule has 4 nitrogen and oxygen atoms in total. The maximum atomic E-state index is 11.0. The molecule has 0 saturated heterocycles. The number of hydrogen-bond donors (Lipinski definition) is 2. The number of hydrogen-bond acceptors (Lipinski definition) is 3. The molecule has 0 aromatic heterocycles. The van der Waals surface area contributed by atoms with Gasteiger partial charge in [-0.1, -0.05) is 11.6 Å². The summed E-state index contributed by atoms with van der Waals surface area (Å²) in [7, 11) is 1.77. The van der Waals surface area contributed by atoms with E-state index >= 15 is 0 Å². The number of benzene rings is 1. The Labute approximate surface area is 124 Å². The first-order valence-electron chi connectivity index (χ1n) is 6.95. The van der Waals surface area contributed by atoms with Crippen molar-refractivity contribution >= 4 is 28.9 Å². The van der Waals surface area contributed by atoms with Crippen LogP contribution >= 0.6 is 11.6 Å². The van der Waals surface area contributed by atoms with Crippen molar-refractivity contribution in [3.05, 3.63) is 23.2 Å². The standard InChI is InChI=1S/C15H21ClN2O2/c1-10(19)17-15-7-6-12(9-14(15)16)18-11-4-3-5-13(8-11)20-2/h6-7,9,11,13,18H,3-5,8H2,1-2H3,(H,17,19). The van der Waals surface area contributed by atoms with Crippen molar-refractivity contribution in [3.8, 4) is 0 Å². The van der Waals surface area contributed by atoms with E-state index in [0.717, 1.165) is 24.9 Å². The summed E-state index contributed by atoms with van der Waals surface area (Å²) in [4.78, 5) is 11.0. The highest BCUT2D eigenvalue weighted by Gasteiger charge is 2.21. The van der Waals surface area contributed by atoms with Gasteiger partial charge >= 0.3 is 0 Å². The Kier molecular flexibility index (Phi) is 5.26. The molecule has 2 N–H and O–H groups in total. The van der Waals surface area contributed by atoms with Crippen LogP contribution in [0.5, 0.6) is 0 Å². The molecule has 2 atom stereocenters. The lowest BCUT2D eigenvalue weighted by molar-refractivity contribution is -0.114. The highest BCUT2D eigenvalue weighted by atomic mass is 35.5. The van der Waals surface area contributed by atoms with Crippen molar-refractivity contribution in [2.24, 2.45) is 0 Å². The minimum absolute atomic E-state index is 0.122. The molecule has 1 amide bonds. The van der Waals surface area contributed by atoms with E-state index in [9.17, 15) is 4.79 Å². The molecule has 1 aromatic carbocycles. The Bertz CT molecular complexity index is 479. The lowest BCUT2D eigenvalue weighted by Gasteiger charge is -2.29. The molecule has 1 saturated carbocycles. The topological polar surface area (TPSA) is 50.4 Å². The highest BCUT2D eigenvalue weighted by Crippen LogP contribution is 2.28. The Morgan fingerprint density at radius 2 is 2.20 bits per heavy atom. The first-order chi connectivity index (χ1) is 9.58. The number of anilines is 2. The molecule has 0 radical (unpaired) electrons. The first kappa shape index (κ1) is 15.1. The van der Waals surface area contributed by atoms with E-state index in [1.54, 1.807) is 7.11 Å². The zero-order valence-electron chi connectivity index (χ0n) is 11.9. The van der Waals surface area contributed by atoms with Crippen LogP contribution in [-0.2, 0) is 9.53 Å². The minimum Gasteiger partial charge on any atom is -0.382 e. The number of halogens is 1. The normalized spacial score (nSPS) is 22.4. The van der Waals surface area contributed by atoms with Crippen molar-refractivity contribution in [1.29, 1.82) is 0 Å². The smallest absolute Gasteiger partial charge is 0.221 e. The van der Waals surface area contributed by atoms with Gasteiger partial charge in [-0.25, -0.2) is 0 Å². The van der Waals surface area contributed by atoms with Gasteiger partial charge in [0.25, 0.3) is 0 Å². The molecule has 20 heavy (non-hydrogen) atoms. The van der Waals surface area contributed by atoms with Crippen LogP contribution in [0.15, 0.2) is 18.2 Å². The third-order valence-electron chi connectivity index (χ3n) is 3.61.